The fourth-order valence-electron chi connectivity index (χ4n) is 1.59. The summed E-state index contributed by atoms with van der Waals surface area (Å²) in [4.78, 5) is 13.6. The molecule has 0 saturated carbocycles. The summed E-state index contributed by atoms with van der Waals surface area (Å²) in [5, 5.41) is 0. The van der Waals surface area contributed by atoms with Crippen LogP contribution in [0.1, 0.15) is 13.8 Å². The maximum Gasteiger partial charge on any atom is 0.240 e. The van der Waals surface area contributed by atoms with Crippen LogP contribution in [0, 0.1) is 5.41 Å². The van der Waals surface area contributed by atoms with E-state index in [1.165, 1.54) is 0 Å². The zero-order valence-corrected chi connectivity index (χ0v) is 8.88. The van der Waals surface area contributed by atoms with Crippen LogP contribution in [-0.4, -0.2) is 43.7 Å². The fourth-order valence-corrected chi connectivity index (χ4v) is 1.59. The number of rotatable bonds is 3. The fraction of sp³-hybridized carbons (Fsp3) is 0.889. The molecule has 1 heterocycles. The Morgan fingerprint density at radius 3 is 2.57 bits per heavy atom. The van der Waals surface area contributed by atoms with E-state index in [9.17, 15) is 4.79 Å². The van der Waals surface area contributed by atoms with Crippen molar-refractivity contribution in [2.45, 2.75) is 13.8 Å². The molecule has 0 aromatic rings. The van der Waals surface area contributed by atoms with Crippen LogP contribution in [-0.2, 0) is 9.53 Å². The monoisotopic (exact) mass is 201 g/mol. The van der Waals surface area contributed by atoms with Gasteiger partial charge in [0, 0.05) is 19.6 Å². The molecule has 0 unspecified atom stereocenters. The molecule has 0 bridgehead atoms. The summed E-state index contributed by atoms with van der Waals surface area (Å²) >= 11 is 0. The van der Waals surface area contributed by atoms with Crippen LogP contribution in [0.2, 0.25) is 0 Å². The quantitative estimate of drug-likeness (QED) is 0.361. The SMILES string of the molecule is CC(C)(CN1CCOCC1)C(=O)NN. The number of nitrogens with one attached hydrogen (secondary N) is 1. The lowest BCUT2D eigenvalue weighted by Crippen LogP contribution is -2.49. The van der Waals surface area contributed by atoms with Gasteiger partial charge in [-0.15, -0.1) is 0 Å². The van der Waals surface area contributed by atoms with E-state index < -0.39 is 5.41 Å². The molecule has 1 aliphatic rings. The van der Waals surface area contributed by atoms with Gasteiger partial charge in [0.2, 0.25) is 5.91 Å². The predicted molar refractivity (Wildman–Crippen MR) is 53.4 cm³/mol. The highest BCUT2D eigenvalue weighted by Gasteiger charge is 2.29. The van der Waals surface area contributed by atoms with Crippen molar-refractivity contribution in [2.24, 2.45) is 11.3 Å². The molecule has 0 spiro atoms. The minimum absolute atomic E-state index is 0.121. The average Bonchev–Trinajstić information content (AvgIpc) is 2.17. The molecule has 5 nitrogen and oxygen atoms in total. The normalized spacial score (nSPS) is 19.4. The number of carbonyl (C=O) groups is 1. The van der Waals surface area contributed by atoms with Gasteiger partial charge in [-0.25, -0.2) is 5.84 Å². The second-order valence-corrected chi connectivity index (χ2v) is 4.25. The van der Waals surface area contributed by atoms with Crippen molar-refractivity contribution in [2.75, 3.05) is 32.8 Å². The number of hydrogen-bond donors (Lipinski definition) is 2. The van der Waals surface area contributed by atoms with Crippen LogP contribution in [0.15, 0.2) is 0 Å². The standard InChI is InChI=1S/C9H19N3O2/c1-9(2,8(13)11-10)7-12-3-5-14-6-4-12/h3-7,10H2,1-2H3,(H,11,13). The first-order chi connectivity index (χ1) is 6.56. The summed E-state index contributed by atoms with van der Waals surface area (Å²) in [6.07, 6.45) is 0. The molecular formula is C9H19N3O2. The summed E-state index contributed by atoms with van der Waals surface area (Å²) in [7, 11) is 0. The van der Waals surface area contributed by atoms with E-state index in [1.54, 1.807) is 0 Å². The molecule has 1 aliphatic heterocycles. The van der Waals surface area contributed by atoms with Crippen molar-refractivity contribution in [3.63, 3.8) is 0 Å². The summed E-state index contributed by atoms with van der Waals surface area (Å²) in [6, 6.07) is 0. The molecule has 0 radical (unpaired) electrons. The first kappa shape index (κ1) is 11.4. The van der Waals surface area contributed by atoms with Crippen LogP contribution < -0.4 is 11.3 Å². The third-order valence-electron chi connectivity index (χ3n) is 2.47. The van der Waals surface area contributed by atoms with Crippen molar-refractivity contribution < 1.29 is 9.53 Å². The molecule has 0 aliphatic carbocycles. The van der Waals surface area contributed by atoms with E-state index in [0.717, 1.165) is 32.8 Å². The summed E-state index contributed by atoms with van der Waals surface area (Å²) in [5.41, 5.74) is 1.76. The van der Waals surface area contributed by atoms with Gasteiger partial charge in [0.25, 0.3) is 0 Å². The number of nitrogens with zero attached hydrogens (tertiary/aromatic N) is 1. The van der Waals surface area contributed by atoms with Crippen LogP contribution in [0.5, 0.6) is 0 Å². The van der Waals surface area contributed by atoms with Gasteiger partial charge in [-0.1, -0.05) is 0 Å². The van der Waals surface area contributed by atoms with Gasteiger partial charge in [-0.3, -0.25) is 15.1 Å². The second-order valence-electron chi connectivity index (χ2n) is 4.25. The van der Waals surface area contributed by atoms with Gasteiger partial charge >= 0.3 is 0 Å². The zero-order chi connectivity index (χ0) is 10.6. The summed E-state index contributed by atoms with van der Waals surface area (Å²) in [5.74, 6) is 5.00. The van der Waals surface area contributed by atoms with Crippen molar-refractivity contribution >= 4 is 5.91 Å². The number of amides is 1. The van der Waals surface area contributed by atoms with Crippen molar-refractivity contribution in [3.05, 3.63) is 0 Å². The Bertz CT molecular complexity index is 200. The first-order valence-corrected chi connectivity index (χ1v) is 4.87. The molecule has 5 heteroatoms. The smallest absolute Gasteiger partial charge is 0.240 e. The van der Waals surface area contributed by atoms with E-state index in [1.807, 2.05) is 13.8 Å². The van der Waals surface area contributed by atoms with E-state index >= 15 is 0 Å². The first-order valence-electron chi connectivity index (χ1n) is 4.87. The van der Waals surface area contributed by atoms with Gasteiger partial charge in [-0.05, 0) is 13.8 Å². The molecule has 3 N–H and O–H groups in total. The highest BCUT2D eigenvalue weighted by Crippen LogP contribution is 2.17. The highest BCUT2D eigenvalue weighted by molar-refractivity contribution is 5.81. The minimum atomic E-state index is -0.438. The van der Waals surface area contributed by atoms with E-state index in [0.29, 0.717) is 0 Å². The molecule has 1 rings (SSSR count). The van der Waals surface area contributed by atoms with Gasteiger partial charge in [0.1, 0.15) is 0 Å². The molecule has 1 fully saturated rings. The lowest BCUT2D eigenvalue weighted by atomic mass is 9.91. The number of carbonyl (C=O) groups excluding carboxylic acids is 1. The molecular weight excluding hydrogens is 182 g/mol. The van der Waals surface area contributed by atoms with Crippen molar-refractivity contribution in [1.82, 2.24) is 10.3 Å². The topological polar surface area (TPSA) is 67.6 Å². The van der Waals surface area contributed by atoms with Gasteiger partial charge in [0.05, 0.1) is 18.6 Å². The number of morpholine rings is 1. The van der Waals surface area contributed by atoms with Gasteiger partial charge in [-0.2, -0.15) is 0 Å². The average molecular weight is 201 g/mol. The number of hydrazine groups is 1. The Hall–Kier alpha value is -0.650. The molecule has 0 aromatic heterocycles. The van der Waals surface area contributed by atoms with Gasteiger partial charge in [0.15, 0.2) is 0 Å². The molecule has 1 saturated heterocycles. The second kappa shape index (κ2) is 4.72. The number of nitrogens with two attached hydrogens (primary N) is 1. The summed E-state index contributed by atoms with van der Waals surface area (Å²) < 4.78 is 5.23. The Kier molecular flexibility index (Phi) is 3.86. The molecule has 82 valence electrons. The third-order valence-corrected chi connectivity index (χ3v) is 2.47. The maximum atomic E-state index is 11.4. The Morgan fingerprint density at radius 2 is 2.07 bits per heavy atom. The van der Waals surface area contributed by atoms with E-state index in [-0.39, 0.29) is 5.91 Å². The van der Waals surface area contributed by atoms with E-state index in [2.05, 4.69) is 10.3 Å². The van der Waals surface area contributed by atoms with Crippen molar-refractivity contribution in [1.29, 1.82) is 0 Å². The molecule has 14 heavy (non-hydrogen) atoms. The maximum absolute atomic E-state index is 11.4. The number of hydrogen-bond acceptors (Lipinski definition) is 4. The van der Waals surface area contributed by atoms with Crippen LogP contribution in [0.3, 0.4) is 0 Å². The van der Waals surface area contributed by atoms with E-state index in [4.69, 9.17) is 10.6 Å². The predicted octanol–water partition coefficient (Wildman–Crippen LogP) is -0.665. The van der Waals surface area contributed by atoms with Crippen LogP contribution in [0.25, 0.3) is 0 Å². The Labute approximate surface area is 84.5 Å². The molecule has 0 aromatic carbocycles. The zero-order valence-electron chi connectivity index (χ0n) is 8.88. The Morgan fingerprint density at radius 1 is 1.50 bits per heavy atom. The lowest BCUT2D eigenvalue weighted by molar-refractivity contribution is -0.131. The van der Waals surface area contributed by atoms with Crippen molar-refractivity contribution in [3.8, 4) is 0 Å². The van der Waals surface area contributed by atoms with Crippen LogP contribution in [0.4, 0.5) is 0 Å². The molecule has 0 atom stereocenters. The largest absolute Gasteiger partial charge is 0.379 e. The Balaban J connectivity index is 2.44. The minimum Gasteiger partial charge on any atom is -0.379 e. The van der Waals surface area contributed by atoms with Crippen LogP contribution >= 0.6 is 0 Å². The third kappa shape index (κ3) is 2.94. The van der Waals surface area contributed by atoms with Gasteiger partial charge < -0.3 is 4.74 Å². The highest BCUT2D eigenvalue weighted by atomic mass is 16.5. The number of ether oxygens (including phenoxy) is 1. The molecule has 1 amide bonds. The lowest BCUT2D eigenvalue weighted by Gasteiger charge is -2.33. The summed E-state index contributed by atoms with van der Waals surface area (Å²) in [6.45, 7) is 7.79.